The molecule has 0 fully saturated rings. The Morgan fingerprint density at radius 1 is 1.06 bits per heavy atom. The van der Waals surface area contributed by atoms with Crippen LogP contribution < -0.4 is 5.43 Å². The predicted molar refractivity (Wildman–Crippen MR) is 119 cm³/mol. The molecule has 4 aromatic rings. The van der Waals surface area contributed by atoms with Gasteiger partial charge in [-0.2, -0.15) is 5.10 Å². The van der Waals surface area contributed by atoms with Crippen molar-refractivity contribution in [1.29, 1.82) is 0 Å². The standard InChI is InChI=1S/C25H22FN3O2/c1-17-22(15-27-28-25(31)24(30)19-7-3-2-4-8-19)21-9-5-6-10-23(21)29(17)16-18-11-13-20(26)14-12-18/h2-15,24,30H,16H2,1H3,(H,28,31)/b27-15-/t24-/m1/s1. The van der Waals surface area contributed by atoms with Crippen LogP contribution in [-0.2, 0) is 11.3 Å². The van der Waals surface area contributed by atoms with Gasteiger partial charge in [0.15, 0.2) is 6.10 Å². The third kappa shape index (κ3) is 4.39. The number of aromatic nitrogens is 1. The summed E-state index contributed by atoms with van der Waals surface area (Å²) in [6.07, 6.45) is 0.299. The molecule has 1 aromatic heterocycles. The highest BCUT2D eigenvalue weighted by atomic mass is 19.1. The number of hydrogen-bond donors (Lipinski definition) is 2. The minimum absolute atomic E-state index is 0.265. The molecule has 2 N–H and O–H groups in total. The van der Waals surface area contributed by atoms with Gasteiger partial charge in [-0.25, -0.2) is 9.82 Å². The molecule has 0 spiro atoms. The molecule has 1 atom stereocenters. The van der Waals surface area contributed by atoms with Gasteiger partial charge >= 0.3 is 0 Å². The van der Waals surface area contributed by atoms with Gasteiger partial charge in [-0.15, -0.1) is 0 Å². The van der Waals surface area contributed by atoms with Crippen molar-refractivity contribution in [3.8, 4) is 0 Å². The van der Waals surface area contributed by atoms with Crippen LogP contribution in [0, 0.1) is 12.7 Å². The molecule has 0 unspecified atom stereocenters. The van der Waals surface area contributed by atoms with Crippen LogP contribution in [0.2, 0.25) is 0 Å². The van der Waals surface area contributed by atoms with Gasteiger partial charge in [0, 0.05) is 28.7 Å². The van der Waals surface area contributed by atoms with E-state index in [4.69, 9.17) is 0 Å². The van der Waals surface area contributed by atoms with Crippen LogP contribution in [0.3, 0.4) is 0 Å². The summed E-state index contributed by atoms with van der Waals surface area (Å²) in [5, 5.41) is 15.3. The van der Waals surface area contributed by atoms with Crippen molar-refractivity contribution < 1.29 is 14.3 Å². The van der Waals surface area contributed by atoms with E-state index in [-0.39, 0.29) is 5.82 Å². The number of hydrazone groups is 1. The minimum Gasteiger partial charge on any atom is -0.378 e. The van der Waals surface area contributed by atoms with E-state index >= 15 is 0 Å². The molecule has 156 valence electrons. The van der Waals surface area contributed by atoms with Gasteiger partial charge in [-0.3, -0.25) is 4.79 Å². The second kappa shape index (κ2) is 8.93. The summed E-state index contributed by atoms with van der Waals surface area (Å²) >= 11 is 0. The van der Waals surface area contributed by atoms with E-state index in [0.29, 0.717) is 12.1 Å². The van der Waals surface area contributed by atoms with Crippen molar-refractivity contribution in [1.82, 2.24) is 9.99 Å². The van der Waals surface area contributed by atoms with E-state index < -0.39 is 12.0 Å². The number of hydrogen-bond acceptors (Lipinski definition) is 3. The van der Waals surface area contributed by atoms with E-state index in [1.54, 1.807) is 42.6 Å². The Balaban J connectivity index is 1.58. The summed E-state index contributed by atoms with van der Waals surface area (Å²) in [7, 11) is 0. The molecular formula is C25H22FN3O2. The smallest absolute Gasteiger partial charge is 0.273 e. The van der Waals surface area contributed by atoms with E-state index in [0.717, 1.165) is 27.7 Å². The lowest BCUT2D eigenvalue weighted by Crippen LogP contribution is -2.25. The molecule has 0 aliphatic heterocycles. The van der Waals surface area contributed by atoms with E-state index in [1.165, 1.54) is 12.1 Å². The number of nitrogens with one attached hydrogen (secondary N) is 1. The first kappa shape index (κ1) is 20.5. The van der Waals surface area contributed by atoms with Crippen molar-refractivity contribution >= 4 is 23.0 Å². The second-order valence-electron chi connectivity index (χ2n) is 7.28. The molecule has 6 heteroatoms. The molecule has 0 bridgehead atoms. The predicted octanol–water partition coefficient (Wildman–Crippen LogP) is 4.32. The lowest BCUT2D eigenvalue weighted by atomic mass is 10.1. The topological polar surface area (TPSA) is 66.6 Å². The number of rotatable bonds is 6. The van der Waals surface area contributed by atoms with Crippen molar-refractivity contribution in [3.63, 3.8) is 0 Å². The maximum absolute atomic E-state index is 13.3. The summed E-state index contributed by atoms with van der Waals surface area (Å²) < 4.78 is 15.4. The summed E-state index contributed by atoms with van der Waals surface area (Å²) in [5.74, 6) is -0.866. The Kier molecular flexibility index (Phi) is 5.91. The fraction of sp³-hybridized carbons (Fsp3) is 0.120. The molecule has 1 amide bonds. The van der Waals surface area contributed by atoms with E-state index in [1.807, 2.05) is 37.3 Å². The van der Waals surface area contributed by atoms with Crippen LogP contribution in [0.15, 0.2) is 84.0 Å². The fourth-order valence-corrected chi connectivity index (χ4v) is 3.61. The van der Waals surface area contributed by atoms with Gasteiger partial charge in [0.25, 0.3) is 5.91 Å². The number of amides is 1. The van der Waals surface area contributed by atoms with Gasteiger partial charge in [0.2, 0.25) is 0 Å². The average Bonchev–Trinajstić information content (AvgIpc) is 3.06. The number of fused-ring (bicyclic) bond motifs is 1. The number of carbonyl (C=O) groups is 1. The molecule has 0 aliphatic carbocycles. The minimum atomic E-state index is -1.29. The van der Waals surface area contributed by atoms with Crippen LogP contribution in [0.4, 0.5) is 4.39 Å². The molecule has 1 heterocycles. The van der Waals surface area contributed by atoms with Crippen molar-refractivity contribution in [2.24, 2.45) is 5.10 Å². The Bertz CT molecular complexity index is 1230. The first-order valence-electron chi connectivity index (χ1n) is 9.93. The van der Waals surface area contributed by atoms with Crippen LogP contribution in [0.25, 0.3) is 10.9 Å². The summed E-state index contributed by atoms with van der Waals surface area (Å²) in [6.45, 7) is 2.56. The van der Waals surface area contributed by atoms with E-state index in [9.17, 15) is 14.3 Å². The number of aliphatic hydroxyl groups is 1. The summed E-state index contributed by atoms with van der Waals surface area (Å²) in [4.78, 5) is 12.2. The molecule has 0 radical (unpaired) electrons. The van der Waals surface area contributed by atoms with Gasteiger partial charge < -0.3 is 9.67 Å². The van der Waals surface area contributed by atoms with Crippen LogP contribution in [0.1, 0.15) is 28.5 Å². The Morgan fingerprint density at radius 3 is 2.48 bits per heavy atom. The van der Waals surface area contributed by atoms with Crippen molar-refractivity contribution in [2.45, 2.75) is 19.6 Å². The quantitative estimate of drug-likeness (QED) is 0.364. The molecule has 31 heavy (non-hydrogen) atoms. The first-order valence-corrected chi connectivity index (χ1v) is 9.93. The third-order valence-corrected chi connectivity index (χ3v) is 5.27. The number of nitrogens with zero attached hydrogens (tertiary/aromatic N) is 2. The molecule has 4 rings (SSSR count). The maximum atomic E-state index is 13.3. The molecule has 0 aliphatic rings. The molecule has 0 saturated heterocycles. The van der Waals surface area contributed by atoms with Gasteiger partial charge in [0.1, 0.15) is 5.82 Å². The normalized spacial score (nSPS) is 12.4. The lowest BCUT2D eigenvalue weighted by molar-refractivity contribution is -0.129. The van der Waals surface area contributed by atoms with Gasteiger partial charge in [0.05, 0.1) is 6.21 Å². The van der Waals surface area contributed by atoms with Crippen LogP contribution in [0.5, 0.6) is 0 Å². The highest BCUT2D eigenvalue weighted by molar-refractivity contribution is 6.01. The number of para-hydroxylation sites is 1. The zero-order chi connectivity index (χ0) is 21.8. The maximum Gasteiger partial charge on any atom is 0.273 e. The number of halogens is 1. The average molecular weight is 415 g/mol. The first-order chi connectivity index (χ1) is 15.0. The third-order valence-electron chi connectivity index (χ3n) is 5.27. The zero-order valence-electron chi connectivity index (χ0n) is 17.0. The molecular weight excluding hydrogens is 393 g/mol. The Labute approximate surface area is 179 Å². The van der Waals surface area contributed by atoms with Crippen molar-refractivity contribution in [3.05, 3.63) is 107 Å². The Morgan fingerprint density at radius 2 is 1.74 bits per heavy atom. The van der Waals surface area contributed by atoms with Crippen LogP contribution >= 0.6 is 0 Å². The van der Waals surface area contributed by atoms with Crippen molar-refractivity contribution in [2.75, 3.05) is 0 Å². The highest BCUT2D eigenvalue weighted by Gasteiger charge is 2.17. The summed E-state index contributed by atoms with van der Waals surface area (Å²) in [5.41, 5.74) is 6.75. The number of aliphatic hydroxyl groups excluding tert-OH is 1. The Hall–Kier alpha value is -3.77. The molecule has 5 nitrogen and oxygen atoms in total. The van der Waals surface area contributed by atoms with Crippen LogP contribution in [-0.4, -0.2) is 21.8 Å². The van der Waals surface area contributed by atoms with E-state index in [2.05, 4.69) is 15.1 Å². The lowest BCUT2D eigenvalue weighted by Gasteiger charge is -2.09. The molecule has 3 aromatic carbocycles. The van der Waals surface area contributed by atoms with Gasteiger partial charge in [-0.1, -0.05) is 60.7 Å². The number of benzene rings is 3. The largest absolute Gasteiger partial charge is 0.378 e. The SMILES string of the molecule is Cc1c(/C=N\NC(=O)[C@H](O)c2ccccc2)c2ccccc2n1Cc1ccc(F)cc1. The zero-order valence-corrected chi connectivity index (χ0v) is 17.0. The molecule has 0 saturated carbocycles. The fourth-order valence-electron chi connectivity index (χ4n) is 3.61. The number of carbonyl (C=O) groups excluding carboxylic acids is 1. The monoisotopic (exact) mass is 415 g/mol. The second-order valence-corrected chi connectivity index (χ2v) is 7.28. The van der Waals surface area contributed by atoms with Gasteiger partial charge in [-0.05, 0) is 36.2 Å². The highest BCUT2D eigenvalue weighted by Crippen LogP contribution is 2.25. The summed E-state index contributed by atoms with van der Waals surface area (Å²) in [6, 6.07) is 23.0.